The van der Waals surface area contributed by atoms with Crippen LogP contribution in [0.3, 0.4) is 0 Å². The van der Waals surface area contributed by atoms with Crippen molar-refractivity contribution in [2.24, 2.45) is 0 Å². The summed E-state index contributed by atoms with van der Waals surface area (Å²) in [6, 6.07) is 0. The first kappa shape index (κ1) is 22.0. The topological polar surface area (TPSA) is 116 Å². The van der Waals surface area contributed by atoms with E-state index < -0.39 is 7.82 Å². The Labute approximate surface area is 102 Å². The van der Waals surface area contributed by atoms with E-state index >= 15 is 0 Å². The molecular weight excluding hydrogens is 251 g/mol. The van der Waals surface area contributed by atoms with E-state index in [2.05, 4.69) is 11.1 Å². The highest BCUT2D eigenvalue weighted by Gasteiger charge is 2.10. The van der Waals surface area contributed by atoms with Crippen molar-refractivity contribution in [2.75, 3.05) is 33.0 Å². The molecule has 0 saturated heterocycles. The van der Waals surface area contributed by atoms with Gasteiger partial charge >= 0.3 is 7.82 Å². The molecule has 0 heterocycles. The van der Waals surface area contributed by atoms with E-state index in [0.29, 0.717) is 0 Å². The van der Waals surface area contributed by atoms with Crippen LogP contribution in [0, 0.1) is 0 Å². The smallest absolute Gasteiger partial charge is 0.394 e. The van der Waals surface area contributed by atoms with E-state index in [1.165, 1.54) is 6.08 Å². The molecule has 17 heavy (non-hydrogen) atoms. The summed E-state index contributed by atoms with van der Waals surface area (Å²) in [5, 5.41) is 15.2. The zero-order valence-electron chi connectivity index (χ0n) is 10.3. The molecule has 0 aromatic heterocycles. The molecule has 0 aromatic carbocycles. The Kier molecular flexibility index (Phi) is 23.4. The van der Waals surface area contributed by atoms with Gasteiger partial charge in [-0.15, -0.1) is 6.58 Å². The highest BCUT2D eigenvalue weighted by molar-refractivity contribution is 7.46. The molecule has 0 unspecified atom stereocenters. The molecule has 0 atom stereocenters. The Morgan fingerprint density at radius 3 is 1.65 bits per heavy atom. The largest absolute Gasteiger partial charge is 0.469 e. The third kappa shape index (κ3) is 49.6. The molecule has 8 heteroatoms. The minimum atomic E-state index is -4.25. The second-order valence-corrected chi connectivity index (χ2v) is 3.54. The molecule has 0 saturated carbocycles. The van der Waals surface area contributed by atoms with Gasteiger partial charge in [-0.1, -0.05) is 6.08 Å². The molecule has 0 aliphatic rings. The van der Waals surface area contributed by atoms with Crippen molar-refractivity contribution in [2.45, 2.75) is 13.8 Å². The van der Waals surface area contributed by atoms with Gasteiger partial charge in [-0.25, -0.2) is 4.57 Å². The first-order valence-electron chi connectivity index (χ1n) is 4.99. The van der Waals surface area contributed by atoms with Gasteiger partial charge in [-0.3, -0.25) is 4.52 Å². The summed E-state index contributed by atoms with van der Waals surface area (Å²) in [6.07, 6.45) is 1.26. The fraction of sp³-hybridized carbons (Fsp3) is 0.778. The molecule has 0 fully saturated rings. The van der Waals surface area contributed by atoms with E-state index in [1.54, 1.807) is 0 Å². The third-order valence-corrected chi connectivity index (χ3v) is 1.35. The number of phosphoric ester groups is 1. The monoisotopic (exact) mass is 274 g/mol. The fourth-order valence-corrected chi connectivity index (χ4v) is 0.654. The van der Waals surface area contributed by atoms with Gasteiger partial charge in [0.25, 0.3) is 0 Å². The Morgan fingerprint density at radius 2 is 1.59 bits per heavy atom. The molecule has 0 spiro atoms. The SMILES string of the molecule is C=CCOP(=O)(O)O.CCOCC.OCCO. The fourth-order valence-electron chi connectivity index (χ4n) is 0.354. The molecule has 0 aromatic rings. The number of hydrogen-bond donors (Lipinski definition) is 4. The Bertz CT molecular complexity index is 176. The van der Waals surface area contributed by atoms with Gasteiger partial charge in [0.2, 0.25) is 0 Å². The molecule has 4 N–H and O–H groups in total. The van der Waals surface area contributed by atoms with Crippen LogP contribution in [0.15, 0.2) is 12.7 Å². The Hall–Kier alpha value is -0.270. The molecule has 0 aliphatic carbocycles. The normalized spacial score (nSPS) is 9.53. The first-order valence-corrected chi connectivity index (χ1v) is 6.52. The van der Waals surface area contributed by atoms with Gasteiger partial charge in [0.1, 0.15) is 0 Å². The minimum Gasteiger partial charge on any atom is -0.394 e. The highest BCUT2D eigenvalue weighted by atomic mass is 31.2. The van der Waals surface area contributed by atoms with E-state index in [9.17, 15) is 4.57 Å². The number of phosphoric acid groups is 1. The van der Waals surface area contributed by atoms with Crippen LogP contribution in [0.2, 0.25) is 0 Å². The maximum atomic E-state index is 9.81. The molecule has 0 aliphatic heterocycles. The lowest BCUT2D eigenvalue weighted by atomic mass is 10.7. The van der Waals surface area contributed by atoms with Crippen LogP contribution in [0.25, 0.3) is 0 Å². The molecule has 0 amide bonds. The summed E-state index contributed by atoms with van der Waals surface area (Å²) >= 11 is 0. The van der Waals surface area contributed by atoms with Crippen molar-refractivity contribution < 1.29 is 33.8 Å². The van der Waals surface area contributed by atoms with Gasteiger partial charge in [0.05, 0.1) is 19.8 Å². The van der Waals surface area contributed by atoms with Gasteiger partial charge < -0.3 is 24.7 Å². The van der Waals surface area contributed by atoms with Gasteiger partial charge in [-0.05, 0) is 13.8 Å². The molecule has 0 radical (unpaired) electrons. The molecule has 0 bridgehead atoms. The molecule has 106 valence electrons. The maximum Gasteiger partial charge on any atom is 0.469 e. The van der Waals surface area contributed by atoms with Crippen LogP contribution in [0.4, 0.5) is 0 Å². The van der Waals surface area contributed by atoms with Crippen molar-refractivity contribution in [3.05, 3.63) is 12.7 Å². The maximum absolute atomic E-state index is 9.81. The molecular formula is C9H23O7P. The van der Waals surface area contributed by atoms with Crippen LogP contribution in [0.5, 0.6) is 0 Å². The van der Waals surface area contributed by atoms with Crippen LogP contribution in [0.1, 0.15) is 13.8 Å². The standard InChI is InChI=1S/C4H10O.C3H7O4P.C2H6O2/c1-3-5-4-2;1-2-3-7-8(4,5)6;3-1-2-4/h3-4H2,1-2H3;2H,1,3H2,(H2,4,5,6);3-4H,1-2H2. The highest BCUT2D eigenvalue weighted by Crippen LogP contribution is 2.35. The first-order chi connectivity index (χ1) is 7.89. The van der Waals surface area contributed by atoms with E-state index in [0.717, 1.165) is 13.2 Å². The average molecular weight is 274 g/mol. The van der Waals surface area contributed by atoms with Crippen LogP contribution in [-0.4, -0.2) is 53.0 Å². The molecule has 7 nitrogen and oxygen atoms in total. The minimum absolute atomic E-state index is 0.121. The lowest BCUT2D eigenvalue weighted by Crippen LogP contribution is -1.86. The summed E-state index contributed by atoms with van der Waals surface area (Å²) in [5.74, 6) is 0. The Balaban J connectivity index is -0.000000188. The second-order valence-electron chi connectivity index (χ2n) is 2.30. The number of aliphatic hydroxyl groups is 2. The Morgan fingerprint density at radius 1 is 1.18 bits per heavy atom. The van der Waals surface area contributed by atoms with Crippen LogP contribution < -0.4 is 0 Å². The van der Waals surface area contributed by atoms with Crippen molar-refractivity contribution >= 4 is 7.82 Å². The zero-order chi connectivity index (χ0) is 14.2. The summed E-state index contributed by atoms with van der Waals surface area (Å²) in [7, 11) is -4.25. The number of hydrogen-bond acceptors (Lipinski definition) is 5. The zero-order valence-corrected chi connectivity index (χ0v) is 11.2. The van der Waals surface area contributed by atoms with Crippen molar-refractivity contribution in [3.63, 3.8) is 0 Å². The number of ether oxygens (including phenoxy) is 1. The summed E-state index contributed by atoms with van der Waals surface area (Å²) in [5.41, 5.74) is 0. The average Bonchev–Trinajstić information content (AvgIpc) is 2.28. The lowest BCUT2D eigenvalue weighted by molar-refractivity contribution is 0.162. The van der Waals surface area contributed by atoms with Crippen molar-refractivity contribution in [1.82, 2.24) is 0 Å². The third-order valence-electron chi connectivity index (χ3n) is 0.869. The van der Waals surface area contributed by atoms with Crippen molar-refractivity contribution in [1.29, 1.82) is 0 Å². The predicted octanol–water partition coefficient (Wildman–Crippen LogP) is 0.295. The quantitative estimate of drug-likeness (QED) is 0.406. The van der Waals surface area contributed by atoms with Crippen molar-refractivity contribution in [3.8, 4) is 0 Å². The van der Waals surface area contributed by atoms with Crippen LogP contribution >= 0.6 is 7.82 Å². The van der Waals surface area contributed by atoms with E-state index in [4.69, 9.17) is 24.7 Å². The van der Waals surface area contributed by atoms with E-state index in [1.807, 2.05) is 13.8 Å². The van der Waals surface area contributed by atoms with Gasteiger partial charge in [0.15, 0.2) is 0 Å². The summed E-state index contributed by atoms with van der Waals surface area (Å²) in [4.78, 5) is 16.0. The van der Waals surface area contributed by atoms with Crippen LogP contribution in [-0.2, 0) is 13.8 Å². The van der Waals surface area contributed by atoms with Gasteiger partial charge in [0, 0.05) is 13.2 Å². The summed E-state index contributed by atoms with van der Waals surface area (Å²) < 4.78 is 18.6. The van der Waals surface area contributed by atoms with Gasteiger partial charge in [-0.2, -0.15) is 0 Å². The lowest BCUT2D eigenvalue weighted by Gasteiger charge is -1.98. The predicted molar refractivity (Wildman–Crippen MR) is 64.5 cm³/mol. The number of aliphatic hydroxyl groups excluding tert-OH is 2. The summed E-state index contributed by atoms with van der Waals surface area (Å²) in [6.45, 7) is 8.49. The molecule has 0 rings (SSSR count). The second kappa shape index (κ2) is 18.1. The van der Waals surface area contributed by atoms with E-state index in [-0.39, 0.29) is 19.8 Å². The number of rotatable bonds is 6.